The minimum Gasteiger partial charge on any atom is -0.444 e. The van der Waals surface area contributed by atoms with E-state index in [4.69, 9.17) is 22.1 Å². The molecule has 4 amide bonds. The van der Waals surface area contributed by atoms with Crippen LogP contribution in [0.3, 0.4) is 0 Å². The second-order valence-electron chi connectivity index (χ2n) is 10.2. The number of aryl methyl sites for hydroxylation is 2. The molecule has 4 N–H and O–H groups in total. The number of halogens is 1. The minimum absolute atomic E-state index is 0.165. The molecule has 0 spiro atoms. The van der Waals surface area contributed by atoms with Gasteiger partial charge in [-0.05, 0) is 63.3 Å². The Hall–Kier alpha value is -4.10. The molecule has 0 heterocycles. The summed E-state index contributed by atoms with van der Waals surface area (Å²) >= 11 is 6.35. The summed E-state index contributed by atoms with van der Waals surface area (Å²) in [5.41, 5.74) is 6.97. The molecule has 0 fully saturated rings. The zero-order valence-corrected chi connectivity index (χ0v) is 24.2. The summed E-state index contributed by atoms with van der Waals surface area (Å²) in [6, 6.07) is 11.6. The highest BCUT2D eigenvalue weighted by Crippen LogP contribution is 2.29. The molecule has 0 bridgehead atoms. The number of nitrogens with two attached hydrogens (primary N) is 1. The molecule has 0 radical (unpaired) electrons. The molecule has 11 heteroatoms. The fourth-order valence-electron chi connectivity index (χ4n) is 3.96. The van der Waals surface area contributed by atoms with Crippen molar-refractivity contribution in [1.82, 2.24) is 10.2 Å². The zero-order valence-electron chi connectivity index (χ0n) is 23.4. The molecule has 0 aliphatic carbocycles. The maximum atomic E-state index is 13.9. The third kappa shape index (κ3) is 9.27. The van der Waals surface area contributed by atoms with Crippen molar-refractivity contribution < 1.29 is 23.9 Å². The van der Waals surface area contributed by atoms with E-state index in [9.17, 15) is 24.4 Å². The van der Waals surface area contributed by atoms with Crippen molar-refractivity contribution in [3.63, 3.8) is 0 Å². The highest BCUT2D eigenvalue weighted by molar-refractivity contribution is 6.34. The van der Waals surface area contributed by atoms with E-state index in [1.54, 1.807) is 58.0 Å². The number of nitrogens with one attached hydrogen (secondary N) is 2. The van der Waals surface area contributed by atoms with Crippen LogP contribution in [0, 0.1) is 18.3 Å². The number of nitriles is 1. The van der Waals surface area contributed by atoms with Gasteiger partial charge in [0.05, 0.1) is 16.8 Å². The average molecular weight is 570 g/mol. The van der Waals surface area contributed by atoms with Crippen LogP contribution in [-0.4, -0.2) is 46.9 Å². The van der Waals surface area contributed by atoms with Crippen molar-refractivity contribution in [3.8, 4) is 6.07 Å². The predicted molar refractivity (Wildman–Crippen MR) is 152 cm³/mol. The maximum Gasteiger partial charge on any atom is 0.408 e. The smallest absolute Gasteiger partial charge is 0.408 e. The number of hydrogen-bond acceptors (Lipinski definition) is 6. The topological polar surface area (TPSA) is 155 Å². The lowest BCUT2D eigenvalue weighted by molar-refractivity contribution is -0.140. The van der Waals surface area contributed by atoms with Crippen LogP contribution in [0.2, 0.25) is 5.02 Å². The Morgan fingerprint density at radius 3 is 2.30 bits per heavy atom. The molecule has 0 aliphatic rings. The molecule has 2 atom stereocenters. The van der Waals surface area contributed by atoms with Crippen molar-refractivity contribution in [1.29, 1.82) is 5.26 Å². The number of para-hydroxylation sites is 1. The van der Waals surface area contributed by atoms with Crippen LogP contribution in [0.15, 0.2) is 42.5 Å². The van der Waals surface area contributed by atoms with Gasteiger partial charge in [-0.15, -0.1) is 0 Å². The number of carbonyl (C=O) groups is 4. The second kappa shape index (κ2) is 14.3. The Kier molecular flexibility index (Phi) is 11.5. The molecule has 0 aromatic heterocycles. The van der Waals surface area contributed by atoms with E-state index in [1.165, 1.54) is 0 Å². The van der Waals surface area contributed by atoms with Crippen molar-refractivity contribution in [2.75, 3.05) is 11.9 Å². The van der Waals surface area contributed by atoms with Gasteiger partial charge in [-0.25, -0.2) is 4.79 Å². The van der Waals surface area contributed by atoms with Crippen LogP contribution in [0.25, 0.3) is 0 Å². The van der Waals surface area contributed by atoms with Crippen molar-refractivity contribution >= 4 is 41.1 Å². The standard InChI is InChI=1S/C29H36ClN5O5/c1-6-19-10-12-20(13-11-19)25(26(37)34-24-18(2)8-7-9-21(24)30)35(17-16-31)27(38)22(14-15-23(32)36)33-28(39)40-29(3,4)5/h7-13,22,25H,6,14-15,17H2,1-5H3,(H2,32,36)(H,33,39)(H,34,37). The van der Waals surface area contributed by atoms with Crippen LogP contribution >= 0.6 is 11.6 Å². The first-order valence-corrected chi connectivity index (χ1v) is 13.2. The van der Waals surface area contributed by atoms with Gasteiger partial charge in [-0.3, -0.25) is 14.4 Å². The third-order valence-electron chi connectivity index (χ3n) is 5.93. The Labute approximate surface area is 239 Å². The number of primary amides is 1. The number of carbonyl (C=O) groups excluding carboxylic acids is 4. The van der Waals surface area contributed by atoms with E-state index in [0.29, 0.717) is 21.8 Å². The van der Waals surface area contributed by atoms with Gasteiger partial charge < -0.3 is 26.0 Å². The summed E-state index contributed by atoms with van der Waals surface area (Å²) in [7, 11) is 0. The molecule has 0 saturated heterocycles. The van der Waals surface area contributed by atoms with E-state index < -0.39 is 48.0 Å². The molecule has 40 heavy (non-hydrogen) atoms. The number of alkyl carbamates (subject to hydrolysis) is 1. The normalized spacial score (nSPS) is 12.4. The lowest BCUT2D eigenvalue weighted by Crippen LogP contribution is -2.52. The first-order valence-electron chi connectivity index (χ1n) is 12.9. The summed E-state index contributed by atoms with van der Waals surface area (Å²) in [5, 5.41) is 15.3. The van der Waals surface area contributed by atoms with Crippen LogP contribution < -0.4 is 16.4 Å². The van der Waals surface area contributed by atoms with E-state index in [-0.39, 0.29) is 12.8 Å². The monoisotopic (exact) mass is 569 g/mol. The summed E-state index contributed by atoms with van der Waals surface area (Å²) in [5.74, 6) is -2.06. The molecular formula is C29H36ClN5O5. The highest BCUT2D eigenvalue weighted by Gasteiger charge is 2.36. The van der Waals surface area contributed by atoms with Crippen molar-refractivity contribution in [2.45, 2.75) is 71.6 Å². The molecule has 2 rings (SSSR count). The molecule has 2 aromatic rings. The Morgan fingerprint density at radius 2 is 1.77 bits per heavy atom. The maximum absolute atomic E-state index is 13.9. The van der Waals surface area contributed by atoms with Crippen LogP contribution in [-0.2, 0) is 25.5 Å². The van der Waals surface area contributed by atoms with E-state index in [1.807, 2.05) is 25.1 Å². The van der Waals surface area contributed by atoms with Gasteiger partial charge in [0.2, 0.25) is 11.8 Å². The fourth-order valence-corrected chi connectivity index (χ4v) is 4.23. The first-order chi connectivity index (χ1) is 18.8. The molecule has 10 nitrogen and oxygen atoms in total. The number of anilines is 1. The van der Waals surface area contributed by atoms with E-state index in [0.717, 1.165) is 16.9 Å². The Balaban J connectivity index is 2.56. The third-order valence-corrected chi connectivity index (χ3v) is 6.24. The van der Waals surface area contributed by atoms with Crippen molar-refractivity contribution in [3.05, 3.63) is 64.2 Å². The van der Waals surface area contributed by atoms with Gasteiger partial charge in [-0.2, -0.15) is 5.26 Å². The van der Waals surface area contributed by atoms with Gasteiger partial charge in [0.15, 0.2) is 0 Å². The fraction of sp³-hybridized carbons (Fsp3) is 0.414. The van der Waals surface area contributed by atoms with Gasteiger partial charge in [0.25, 0.3) is 5.91 Å². The summed E-state index contributed by atoms with van der Waals surface area (Å²) < 4.78 is 5.29. The van der Waals surface area contributed by atoms with Crippen LogP contribution in [0.4, 0.5) is 10.5 Å². The van der Waals surface area contributed by atoms with Crippen LogP contribution in [0.1, 0.15) is 63.3 Å². The van der Waals surface area contributed by atoms with E-state index in [2.05, 4.69) is 10.6 Å². The number of nitrogens with zero attached hydrogens (tertiary/aromatic N) is 2. The van der Waals surface area contributed by atoms with E-state index >= 15 is 0 Å². The lowest BCUT2D eigenvalue weighted by atomic mass is 9.99. The molecule has 214 valence electrons. The number of hydrogen-bond donors (Lipinski definition) is 3. The van der Waals surface area contributed by atoms with Crippen molar-refractivity contribution in [2.24, 2.45) is 5.73 Å². The molecule has 2 unspecified atom stereocenters. The number of benzene rings is 2. The molecular weight excluding hydrogens is 534 g/mol. The second-order valence-corrected chi connectivity index (χ2v) is 10.7. The number of rotatable bonds is 11. The summed E-state index contributed by atoms with van der Waals surface area (Å²) in [6.07, 6.45) is -0.534. The lowest BCUT2D eigenvalue weighted by Gasteiger charge is -2.33. The average Bonchev–Trinajstić information content (AvgIpc) is 2.87. The van der Waals surface area contributed by atoms with Gasteiger partial charge >= 0.3 is 6.09 Å². The van der Waals surface area contributed by atoms with Gasteiger partial charge in [-0.1, -0.05) is 54.9 Å². The number of ether oxygens (including phenoxy) is 1. The first kappa shape index (κ1) is 32.1. The zero-order chi connectivity index (χ0) is 30.0. The molecule has 0 saturated carbocycles. The Bertz CT molecular complexity index is 1250. The van der Waals surface area contributed by atoms with Gasteiger partial charge in [0.1, 0.15) is 24.2 Å². The molecule has 0 aliphatic heterocycles. The summed E-state index contributed by atoms with van der Waals surface area (Å²) in [4.78, 5) is 52.9. The predicted octanol–water partition coefficient (Wildman–Crippen LogP) is 4.40. The van der Waals surface area contributed by atoms with Gasteiger partial charge in [0, 0.05) is 6.42 Å². The highest BCUT2D eigenvalue weighted by atomic mass is 35.5. The van der Waals surface area contributed by atoms with Crippen LogP contribution in [0.5, 0.6) is 0 Å². The SMILES string of the molecule is CCc1ccc(C(C(=O)Nc2c(C)cccc2Cl)N(CC#N)C(=O)C(CCC(N)=O)NC(=O)OC(C)(C)C)cc1. The minimum atomic E-state index is -1.30. The number of amides is 4. The summed E-state index contributed by atoms with van der Waals surface area (Å²) in [6.45, 7) is 8.24. The molecule has 2 aromatic carbocycles. The largest absolute Gasteiger partial charge is 0.444 e. The Morgan fingerprint density at radius 1 is 1.12 bits per heavy atom. The quantitative estimate of drug-likeness (QED) is 0.341.